The van der Waals surface area contributed by atoms with Crippen molar-refractivity contribution in [3.63, 3.8) is 0 Å². The fourth-order valence-electron chi connectivity index (χ4n) is 2.59. The number of nitrogens with one attached hydrogen (secondary N) is 3. The highest BCUT2D eigenvalue weighted by Crippen LogP contribution is 2.29. The molecule has 1 unspecified atom stereocenters. The molecule has 0 radical (unpaired) electrons. The smallest absolute Gasteiger partial charge is 0.408 e. The van der Waals surface area contributed by atoms with Gasteiger partial charge in [0.15, 0.2) is 0 Å². The molecule has 1 atom stereocenters. The van der Waals surface area contributed by atoms with Crippen molar-refractivity contribution in [3.8, 4) is 5.75 Å². The molecule has 1 saturated heterocycles. The molecule has 0 aliphatic carbocycles. The van der Waals surface area contributed by atoms with Crippen molar-refractivity contribution in [3.05, 3.63) is 47.7 Å². The Bertz CT molecular complexity index is 774. The van der Waals surface area contributed by atoms with Crippen LogP contribution in [0.1, 0.15) is 25.0 Å². The van der Waals surface area contributed by atoms with E-state index in [-0.39, 0.29) is 11.7 Å². The van der Waals surface area contributed by atoms with Crippen molar-refractivity contribution in [1.29, 1.82) is 5.41 Å². The van der Waals surface area contributed by atoms with Gasteiger partial charge in [-0.25, -0.2) is 4.98 Å². The van der Waals surface area contributed by atoms with Crippen LogP contribution in [0, 0.1) is 18.3 Å². The van der Waals surface area contributed by atoms with Crippen LogP contribution in [-0.2, 0) is 0 Å². The second-order valence-corrected chi connectivity index (χ2v) is 6.61. The van der Waals surface area contributed by atoms with Crippen LogP contribution < -0.4 is 15.4 Å². The lowest BCUT2D eigenvalue weighted by Crippen LogP contribution is -2.46. The lowest BCUT2D eigenvalue weighted by atomic mass is 9.90. The highest BCUT2D eigenvalue weighted by Gasteiger charge is 2.26. The predicted molar refractivity (Wildman–Crippen MR) is 109 cm³/mol. The summed E-state index contributed by atoms with van der Waals surface area (Å²) in [5.41, 5.74) is 2.98. The summed E-state index contributed by atoms with van der Waals surface area (Å²) in [7, 11) is 1.34. The van der Waals surface area contributed by atoms with Gasteiger partial charge in [-0.15, -0.1) is 0 Å². The Morgan fingerprint density at radius 2 is 1.89 bits per heavy atom. The highest BCUT2D eigenvalue weighted by molar-refractivity contribution is 7.17. The number of hydrogen-bond acceptors (Lipinski definition) is 5. The first kappa shape index (κ1) is 21.2. The first-order chi connectivity index (χ1) is 12.8. The second kappa shape index (κ2) is 9.20. The number of rotatable bonds is 6. The van der Waals surface area contributed by atoms with E-state index in [1.165, 1.54) is 21.4 Å². The number of ether oxygens (including phenoxy) is 1. The fraction of sp³-hybridized carbons (Fsp3) is 0.368. The Morgan fingerprint density at radius 1 is 1.26 bits per heavy atom. The summed E-state index contributed by atoms with van der Waals surface area (Å²) in [6.07, 6.45) is 1.68. The van der Waals surface area contributed by atoms with Gasteiger partial charge in [0.2, 0.25) is 0 Å². The Hall–Kier alpha value is -2.11. The molecule has 5 nitrogen and oxygen atoms in total. The molecule has 1 fully saturated rings. The highest BCUT2D eigenvalue weighted by atomic mass is 31.0. The van der Waals surface area contributed by atoms with Crippen LogP contribution in [0.5, 0.6) is 5.75 Å². The van der Waals surface area contributed by atoms with E-state index < -0.39 is 5.85 Å². The number of aromatic nitrogens is 1. The Labute approximate surface area is 160 Å². The van der Waals surface area contributed by atoms with Gasteiger partial charge in [0.05, 0.1) is 0 Å². The molecule has 8 heteroatoms. The van der Waals surface area contributed by atoms with Crippen molar-refractivity contribution in [2.45, 2.75) is 26.6 Å². The van der Waals surface area contributed by atoms with Gasteiger partial charge in [-0.3, -0.25) is 0 Å². The van der Waals surface area contributed by atoms with Gasteiger partial charge < -0.3 is 20.8 Å². The minimum atomic E-state index is -3.30. The number of halogens is 2. The molecule has 0 spiro atoms. The zero-order valence-corrected chi connectivity index (χ0v) is 16.8. The summed E-state index contributed by atoms with van der Waals surface area (Å²) < 4.78 is 30.2. The summed E-state index contributed by atoms with van der Waals surface area (Å²) in [5, 5.41) is 14.8. The van der Waals surface area contributed by atoms with Crippen LogP contribution in [0.25, 0.3) is 0 Å². The summed E-state index contributed by atoms with van der Waals surface area (Å²) in [5.74, 6) is -2.46. The molecule has 0 amide bonds. The molecular formula is C19H25F2N4OP. The van der Waals surface area contributed by atoms with E-state index in [0.29, 0.717) is 17.2 Å². The summed E-state index contributed by atoms with van der Waals surface area (Å²) in [4.78, 5) is 4.35. The maximum absolute atomic E-state index is 12.8. The van der Waals surface area contributed by atoms with E-state index in [4.69, 9.17) is 5.41 Å². The monoisotopic (exact) mass is 394 g/mol. The first-order valence-electron chi connectivity index (χ1n) is 8.81. The average molecular weight is 394 g/mol. The fourth-order valence-corrected chi connectivity index (χ4v) is 2.73. The van der Waals surface area contributed by atoms with Crippen LogP contribution >= 0.6 is 9.24 Å². The standard InChI is InChI=1S/C17H19F2N4OP.C2H6/c1-10-6-7-22-16(14(10)15(20)11-8-21-9-11)23-12-2-4-13(5-3-12)24-17(18,19)25;1-2/h2-7,11,20-21H,8-9,25H2,1H3,(H,22,23);1-2H3. The molecule has 1 aromatic carbocycles. The lowest BCUT2D eigenvalue weighted by Gasteiger charge is -2.29. The summed E-state index contributed by atoms with van der Waals surface area (Å²) in [6.45, 7) is 7.53. The maximum atomic E-state index is 12.8. The lowest BCUT2D eigenvalue weighted by molar-refractivity contribution is -0.0892. The predicted octanol–water partition coefficient (Wildman–Crippen LogP) is 4.55. The van der Waals surface area contributed by atoms with E-state index in [2.05, 4.69) is 20.4 Å². The summed E-state index contributed by atoms with van der Waals surface area (Å²) in [6, 6.07) is 8.05. The molecule has 1 aliphatic rings. The van der Waals surface area contributed by atoms with Crippen LogP contribution in [-0.4, -0.2) is 29.6 Å². The molecule has 1 aromatic heterocycles. The van der Waals surface area contributed by atoms with Crippen LogP contribution in [0.2, 0.25) is 0 Å². The Kier molecular flexibility index (Phi) is 7.22. The van der Waals surface area contributed by atoms with Gasteiger partial charge in [-0.1, -0.05) is 13.8 Å². The van der Waals surface area contributed by atoms with E-state index in [1.807, 2.05) is 26.8 Å². The van der Waals surface area contributed by atoms with Gasteiger partial charge in [-0.05, 0) is 52.1 Å². The molecule has 2 aromatic rings. The SMILES string of the molecule is CC.Cc1ccnc(Nc2ccc(OC(F)(F)P)cc2)c1C(=N)C1CNC1. The maximum Gasteiger partial charge on any atom is 0.408 e. The van der Waals surface area contributed by atoms with Gasteiger partial charge in [-0.2, -0.15) is 8.78 Å². The quantitative estimate of drug-likeness (QED) is 0.497. The van der Waals surface area contributed by atoms with Gasteiger partial charge in [0.1, 0.15) is 11.6 Å². The zero-order valence-electron chi connectivity index (χ0n) is 15.6. The number of nitrogens with zero attached hydrogens (tertiary/aromatic N) is 1. The van der Waals surface area contributed by atoms with Crippen molar-refractivity contribution >= 4 is 26.5 Å². The molecule has 3 rings (SSSR count). The van der Waals surface area contributed by atoms with Gasteiger partial charge in [0.25, 0.3) is 0 Å². The Balaban J connectivity index is 0.00000126. The molecular weight excluding hydrogens is 369 g/mol. The topological polar surface area (TPSA) is 70.0 Å². The average Bonchev–Trinajstić information content (AvgIpc) is 2.55. The van der Waals surface area contributed by atoms with Gasteiger partial charge >= 0.3 is 5.85 Å². The minimum absolute atomic E-state index is 0.0660. The largest absolute Gasteiger partial charge is 0.430 e. The third kappa shape index (κ3) is 5.68. The van der Waals surface area contributed by atoms with Crippen LogP contribution in [0.3, 0.4) is 0 Å². The van der Waals surface area contributed by atoms with E-state index in [0.717, 1.165) is 24.2 Å². The number of hydrogen-bond donors (Lipinski definition) is 3. The summed E-state index contributed by atoms with van der Waals surface area (Å²) >= 11 is 0. The molecule has 3 N–H and O–H groups in total. The van der Waals surface area contributed by atoms with Crippen LogP contribution in [0.15, 0.2) is 36.5 Å². The third-order valence-electron chi connectivity index (χ3n) is 3.99. The molecule has 0 saturated carbocycles. The van der Waals surface area contributed by atoms with Gasteiger partial charge in [0, 0.05) is 42.2 Å². The molecule has 27 heavy (non-hydrogen) atoms. The molecule has 146 valence electrons. The first-order valence-corrected chi connectivity index (χ1v) is 9.39. The normalized spacial score (nSPS) is 13.9. The third-order valence-corrected chi connectivity index (χ3v) is 4.11. The number of benzene rings is 1. The second-order valence-electron chi connectivity index (χ2n) is 5.93. The molecule has 0 bridgehead atoms. The number of pyridine rings is 1. The zero-order chi connectivity index (χ0) is 20.0. The Morgan fingerprint density at radius 3 is 2.41 bits per heavy atom. The van der Waals surface area contributed by atoms with Crippen molar-refractivity contribution in [2.75, 3.05) is 18.4 Å². The van der Waals surface area contributed by atoms with Crippen molar-refractivity contribution in [1.82, 2.24) is 10.3 Å². The number of anilines is 2. The minimum Gasteiger partial charge on any atom is -0.430 e. The number of alkyl halides is 2. The van der Waals surface area contributed by atoms with E-state index >= 15 is 0 Å². The van der Waals surface area contributed by atoms with Crippen molar-refractivity contribution < 1.29 is 13.5 Å². The van der Waals surface area contributed by atoms with E-state index in [9.17, 15) is 8.78 Å². The molecule has 2 heterocycles. The van der Waals surface area contributed by atoms with Crippen LogP contribution in [0.4, 0.5) is 20.3 Å². The van der Waals surface area contributed by atoms with E-state index in [1.54, 1.807) is 18.3 Å². The number of aryl methyl sites for hydroxylation is 1. The van der Waals surface area contributed by atoms with Crippen molar-refractivity contribution in [2.24, 2.45) is 5.92 Å². The molecule has 1 aliphatic heterocycles.